The van der Waals surface area contributed by atoms with Crippen molar-refractivity contribution in [2.45, 2.75) is 31.6 Å². The largest absolute Gasteiger partial charge is 0.481 e. The van der Waals surface area contributed by atoms with E-state index in [2.05, 4.69) is 0 Å². The molecule has 1 amide bonds. The van der Waals surface area contributed by atoms with E-state index < -0.39 is 26.6 Å². The van der Waals surface area contributed by atoms with Gasteiger partial charge in [0.15, 0.2) is 4.75 Å². The van der Waals surface area contributed by atoms with Crippen molar-refractivity contribution in [3.63, 3.8) is 0 Å². The molecular formula is C13H15NO5S. The van der Waals surface area contributed by atoms with Crippen LogP contribution in [-0.2, 0) is 32.6 Å². The minimum absolute atomic E-state index is 0.117. The minimum Gasteiger partial charge on any atom is -0.481 e. The first kappa shape index (κ1) is 14.5. The van der Waals surface area contributed by atoms with E-state index in [0.717, 1.165) is 4.31 Å². The number of hydrogen-bond acceptors (Lipinski definition) is 4. The number of carbonyl (C=O) groups excluding carboxylic acids is 1. The molecule has 0 aliphatic carbocycles. The van der Waals surface area contributed by atoms with E-state index in [9.17, 15) is 18.0 Å². The van der Waals surface area contributed by atoms with Gasteiger partial charge in [-0.1, -0.05) is 24.3 Å². The standard InChI is InChI=1S/C13H15NO5S/c1-13(2)12(17)14(20(13,18)19)8-10-6-4-3-5-9(10)7-11(15)16/h3-6H,7-8H2,1-2H3,(H,15,16). The number of hydrogen-bond donors (Lipinski definition) is 1. The Morgan fingerprint density at radius 1 is 1.25 bits per heavy atom. The van der Waals surface area contributed by atoms with Gasteiger partial charge in [0.2, 0.25) is 0 Å². The molecule has 1 N–H and O–H groups in total. The zero-order chi connectivity index (χ0) is 15.1. The van der Waals surface area contributed by atoms with Gasteiger partial charge in [0, 0.05) is 0 Å². The predicted molar refractivity (Wildman–Crippen MR) is 71.3 cm³/mol. The van der Waals surface area contributed by atoms with Gasteiger partial charge in [0.1, 0.15) is 0 Å². The smallest absolute Gasteiger partial charge is 0.307 e. The third-order valence-electron chi connectivity index (χ3n) is 3.45. The summed E-state index contributed by atoms with van der Waals surface area (Å²) >= 11 is 0. The molecule has 1 heterocycles. The van der Waals surface area contributed by atoms with Crippen LogP contribution in [0.25, 0.3) is 0 Å². The first-order valence-electron chi connectivity index (χ1n) is 6.03. The molecule has 0 spiro atoms. The summed E-state index contributed by atoms with van der Waals surface area (Å²) < 4.78 is 23.4. The van der Waals surface area contributed by atoms with Gasteiger partial charge in [0.05, 0.1) is 13.0 Å². The quantitative estimate of drug-likeness (QED) is 0.886. The molecule has 1 aliphatic rings. The molecule has 1 aliphatic heterocycles. The summed E-state index contributed by atoms with van der Waals surface area (Å²) in [5.41, 5.74) is 1.04. The van der Waals surface area contributed by atoms with Gasteiger partial charge in [-0.15, -0.1) is 0 Å². The molecule has 1 aromatic carbocycles. The van der Waals surface area contributed by atoms with E-state index in [1.807, 2.05) is 0 Å². The van der Waals surface area contributed by atoms with Crippen molar-refractivity contribution < 1.29 is 23.1 Å². The van der Waals surface area contributed by atoms with Gasteiger partial charge in [-0.05, 0) is 25.0 Å². The lowest BCUT2D eigenvalue weighted by atomic mass is 10.0. The molecule has 0 atom stereocenters. The van der Waals surface area contributed by atoms with Crippen LogP contribution in [0.15, 0.2) is 24.3 Å². The van der Waals surface area contributed by atoms with Gasteiger partial charge in [0.25, 0.3) is 15.9 Å². The molecule has 108 valence electrons. The Bertz CT molecular complexity index is 678. The maximum atomic E-state index is 12.0. The first-order chi connectivity index (χ1) is 9.18. The summed E-state index contributed by atoms with van der Waals surface area (Å²) in [6, 6.07) is 6.61. The zero-order valence-electron chi connectivity index (χ0n) is 11.2. The van der Waals surface area contributed by atoms with E-state index in [4.69, 9.17) is 5.11 Å². The van der Waals surface area contributed by atoms with Gasteiger partial charge in [-0.2, -0.15) is 0 Å². The molecule has 6 nitrogen and oxygen atoms in total. The van der Waals surface area contributed by atoms with Crippen LogP contribution in [0.1, 0.15) is 25.0 Å². The number of sulfonamides is 1. The maximum absolute atomic E-state index is 12.0. The summed E-state index contributed by atoms with van der Waals surface area (Å²) in [7, 11) is -3.66. The van der Waals surface area contributed by atoms with Crippen LogP contribution in [-0.4, -0.2) is 34.5 Å². The molecule has 20 heavy (non-hydrogen) atoms. The average Bonchev–Trinajstić information content (AvgIpc) is 2.35. The molecule has 1 aromatic rings. The third kappa shape index (κ3) is 2.07. The number of aliphatic carboxylic acids is 1. The Kier molecular flexibility index (Phi) is 3.33. The van der Waals surface area contributed by atoms with Crippen molar-refractivity contribution in [1.29, 1.82) is 0 Å². The van der Waals surface area contributed by atoms with Gasteiger partial charge in [-0.3, -0.25) is 9.59 Å². The summed E-state index contributed by atoms with van der Waals surface area (Å²) in [5.74, 6) is -1.47. The molecule has 7 heteroatoms. The summed E-state index contributed by atoms with van der Waals surface area (Å²) in [6.45, 7) is 2.61. The van der Waals surface area contributed by atoms with E-state index >= 15 is 0 Å². The highest BCUT2D eigenvalue weighted by atomic mass is 32.2. The molecule has 1 fully saturated rings. The van der Waals surface area contributed by atoms with E-state index in [1.165, 1.54) is 13.8 Å². The molecule has 0 radical (unpaired) electrons. The second-order valence-electron chi connectivity index (χ2n) is 5.17. The second-order valence-corrected chi connectivity index (χ2v) is 7.58. The maximum Gasteiger partial charge on any atom is 0.307 e. The Morgan fingerprint density at radius 3 is 2.30 bits per heavy atom. The molecular weight excluding hydrogens is 282 g/mol. The topological polar surface area (TPSA) is 91.8 Å². The zero-order valence-corrected chi connectivity index (χ0v) is 12.0. The van der Waals surface area contributed by atoms with E-state index in [0.29, 0.717) is 11.1 Å². The highest BCUT2D eigenvalue weighted by Gasteiger charge is 2.59. The van der Waals surface area contributed by atoms with Crippen molar-refractivity contribution in [1.82, 2.24) is 4.31 Å². The summed E-state index contributed by atoms with van der Waals surface area (Å²) in [5, 5.41) is 8.84. The minimum atomic E-state index is -3.66. The van der Waals surface area contributed by atoms with Crippen molar-refractivity contribution in [3.8, 4) is 0 Å². The monoisotopic (exact) mass is 297 g/mol. The first-order valence-corrected chi connectivity index (χ1v) is 7.47. The molecule has 1 saturated heterocycles. The van der Waals surface area contributed by atoms with E-state index in [-0.39, 0.29) is 13.0 Å². The molecule has 2 rings (SSSR count). The SMILES string of the molecule is CC1(C)C(=O)N(Cc2ccccc2CC(=O)O)S1(=O)=O. The van der Waals surface area contributed by atoms with Crippen LogP contribution in [0, 0.1) is 0 Å². The molecule has 0 aromatic heterocycles. The van der Waals surface area contributed by atoms with Gasteiger partial charge >= 0.3 is 5.97 Å². The molecule has 0 unspecified atom stereocenters. The van der Waals surface area contributed by atoms with Crippen LogP contribution in [0.5, 0.6) is 0 Å². The number of rotatable bonds is 4. The fourth-order valence-corrected chi connectivity index (χ4v) is 3.62. The Balaban J connectivity index is 2.29. The number of carbonyl (C=O) groups is 2. The summed E-state index contributed by atoms with van der Waals surface area (Å²) in [6.07, 6.45) is -0.207. The average molecular weight is 297 g/mol. The predicted octanol–water partition coefficient (Wildman–Crippen LogP) is 0.764. The number of amides is 1. The third-order valence-corrected chi connectivity index (χ3v) is 5.79. The number of carboxylic acid groups (broad SMARTS) is 1. The Labute approximate surface area is 117 Å². The van der Waals surface area contributed by atoms with E-state index in [1.54, 1.807) is 24.3 Å². The van der Waals surface area contributed by atoms with Crippen LogP contribution in [0.2, 0.25) is 0 Å². The lowest BCUT2D eigenvalue weighted by Gasteiger charge is -2.43. The van der Waals surface area contributed by atoms with Gasteiger partial charge in [-0.25, -0.2) is 12.7 Å². The lowest BCUT2D eigenvalue weighted by molar-refractivity contribution is -0.136. The fraction of sp³-hybridized carbons (Fsp3) is 0.385. The Hall–Kier alpha value is -1.89. The van der Waals surface area contributed by atoms with Gasteiger partial charge < -0.3 is 5.11 Å². The van der Waals surface area contributed by atoms with Crippen molar-refractivity contribution in [2.75, 3.05) is 0 Å². The fourth-order valence-electron chi connectivity index (χ4n) is 2.11. The van der Waals surface area contributed by atoms with Crippen LogP contribution < -0.4 is 0 Å². The second kappa shape index (κ2) is 4.59. The van der Waals surface area contributed by atoms with Crippen LogP contribution >= 0.6 is 0 Å². The number of nitrogens with zero attached hydrogens (tertiary/aromatic N) is 1. The Morgan fingerprint density at radius 2 is 1.80 bits per heavy atom. The molecule has 0 saturated carbocycles. The lowest BCUT2D eigenvalue weighted by Crippen LogP contribution is -2.66. The highest BCUT2D eigenvalue weighted by molar-refractivity contribution is 7.94. The van der Waals surface area contributed by atoms with Crippen molar-refractivity contribution in [3.05, 3.63) is 35.4 Å². The van der Waals surface area contributed by atoms with Crippen molar-refractivity contribution >= 4 is 21.9 Å². The highest BCUT2D eigenvalue weighted by Crippen LogP contribution is 2.36. The molecule has 0 bridgehead atoms. The van der Waals surface area contributed by atoms with Crippen LogP contribution in [0.4, 0.5) is 0 Å². The van der Waals surface area contributed by atoms with Crippen LogP contribution in [0.3, 0.4) is 0 Å². The normalized spacial score (nSPS) is 19.5. The number of carboxylic acids is 1. The summed E-state index contributed by atoms with van der Waals surface area (Å²) in [4.78, 5) is 22.7. The number of benzene rings is 1. The van der Waals surface area contributed by atoms with Crippen molar-refractivity contribution in [2.24, 2.45) is 0 Å².